The molecule has 0 radical (unpaired) electrons. The summed E-state index contributed by atoms with van der Waals surface area (Å²) < 4.78 is 1.79. The van der Waals surface area contributed by atoms with Gasteiger partial charge in [-0.3, -0.25) is 4.79 Å². The van der Waals surface area contributed by atoms with Crippen molar-refractivity contribution in [3.05, 3.63) is 65.9 Å². The van der Waals surface area contributed by atoms with Crippen molar-refractivity contribution in [2.45, 2.75) is 13.3 Å². The van der Waals surface area contributed by atoms with Crippen molar-refractivity contribution in [3.8, 4) is 23.0 Å². The summed E-state index contributed by atoms with van der Waals surface area (Å²) in [4.78, 5) is 13.5. The van der Waals surface area contributed by atoms with Gasteiger partial charge in [-0.15, -0.1) is 0 Å². The molecule has 0 bridgehead atoms. The number of fused-ring (bicyclic) bond motifs is 1. The summed E-state index contributed by atoms with van der Waals surface area (Å²) in [7, 11) is 0. The number of nitriles is 1. The topological polar surface area (TPSA) is 61.9 Å². The van der Waals surface area contributed by atoms with Crippen LogP contribution in [0, 0.1) is 11.3 Å². The molecule has 0 unspecified atom stereocenters. The van der Waals surface area contributed by atoms with Crippen LogP contribution in [-0.2, 0) is 11.2 Å². The summed E-state index contributed by atoms with van der Waals surface area (Å²) in [6.07, 6.45) is 0.841. The molecule has 0 N–H and O–H groups in total. The van der Waals surface area contributed by atoms with Crippen molar-refractivity contribution >= 4 is 11.6 Å². The first-order chi connectivity index (χ1) is 12.2. The first kappa shape index (κ1) is 15.2. The summed E-state index contributed by atoms with van der Waals surface area (Å²) in [6, 6.07) is 19.7. The van der Waals surface area contributed by atoms with Gasteiger partial charge in [0.15, 0.2) is 5.69 Å². The third kappa shape index (κ3) is 2.58. The van der Waals surface area contributed by atoms with E-state index in [4.69, 9.17) is 0 Å². The van der Waals surface area contributed by atoms with Gasteiger partial charge in [-0.1, -0.05) is 24.3 Å². The monoisotopic (exact) mass is 328 g/mol. The van der Waals surface area contributed by atoms with Crippen molar-refractivity contribution in [2.24, 2.45) is 0 Å². The van der Waals surface area contributed by atoms with Crippen LogP contribution in [0.1, 0.15) is 18.2 Å². The number of hydrogen-bond acceptors (Lipinski definition) is 3. The van der Waals surface area contributed by atoms with Crippen LogP contribution < -0.4 is 4.90 Å². The first-order valence-corrected chi connectivity index (χ1v) is 8.14. The first-order valence-electron chi connectivity index (χ1n) is 8.14. The van der Waals surface area contributed by atoms with E-state index in [-0.39, 0.29) is 5.91 Å². The van der Waals surface area contributed by atoms with E-state index in [0.717, 1.165) is 41.2 Å². The van der Waals surface area contributed by atoms with Crippen LogP contribution >= 0.6 is 0 Å². The van der Waals surface area contributed by atoms with Gasteiger partial charge in [0, 0.05) is 30.8 Å². The van der Waals surface area contributed by atoms with Crippen molar-refractivity contribution in [1.29, 1.82) is 5.26 Å². The highest BCUT2D eigenvalue weighted by atomic mass is 16.2. The predicted molar refractivity (Wildman–Crippen MR) is 95.4 cm³/mol. The van der Waals surface area contributed by atoms with E-state index in [1.807, 2.05) is 42.5 Å². The summed E-state index contributed by atoms with van der Waals surface area (Å²) in [5.74, 6) is 0.0626. The summed E-state index contributed by atoms with van der Waals surface area (Å²) in [5.41, 5.74) is 5.26. The maximum Gasteiger partial charge on any atom is 0.223 e. The molecule has 0 aliphatic carbocycles. The smallest absolute Gasteiger partial charge is 0.223 e. The Hall–Kier alpha value is -3.39. The van der Waals surface area contributed by atoms with E-state index in [2.05, 4.69) is 17.2 Å². The Kier molecular flexibility index (Phi) is 3.58. The molecule has 1 amide bonds. The number of nitrogens with zero attached hydrogens (tertiary/aromatic N) is 4. The van der Waals surface area contributed by atoms with Crippen molar-refractivity contribution < 1.29 is 4.79 Å². The number of carbonyl (C=O) groups is 1. The molecule has 0 atom stereocenters. The third-order valence-electron chi connectivity index (χ3n) is 4.48. The van der Waals surface area contributed by atoms with Gasteiger partial charge in [-0.25, -0.2) is 4.68 Å². The fraction of sp³-hybridized carbons (Fsp3) is 0.150. The molecule has 0 saturated carbocycles. The van der Waals surface area contributed by atoms with Crippen LogP contribution in [0.4, 0.5) is 5.69 Å². The van der Waals surface area contributed by atoms with E-state index in [9.17, 15) is 10.1 Å². The molecule has 4 rings (SSSR count). The van der Waals surface area contributed by atoms with Gasteiger partial charge in [0.2, 0.25) is 5.91 Å². The Morgan fingerprint density at radius 2 is 1.96 bits per heavy atom. The molecule has 0 saturated heterocycles. The zero-order valence-electron chi connectivity index (χ0n) is 13.8. The minimum atomic E-state index is 0.0626. The lowest BCUT2D eigenvalue weighted by Gasteiger charge is -2.15. The molecule has 1 aliphatic rings. The maximum atomic E-state index is 11.7. The molecule has 5 heteroatoms. The average molecular weight is 328 g/mol. The molecule has 122 valence electrons. The van der Waals surface area contributed by atoms with Gasteiger partial charge in [-0.05, 0) is 36.2 Å². The molecule has 3 aromatic rings. The summed E-state index contributed by atoms with van der Waals surface area (Å²) in [6.45, 7) is 2.31. The standard InChI is InChI=1S/C20H16N4O/c1-14(25)23-10-9-16-11-15(7-8-19(16)23)20-12-17(13-21)22-24(20)18-5-3-2-4-6-18/h2-8,11-12H,9-10H2,1H3. The van der Waals surface area contributed by atoms with Crippen LogP contribution in [0.3, 0.4) is 0 Å². The Morgan fingerprint density at radius 3 is 2.68 bits per heavy atom. The molecule has 1 aliphatic heterocycles. The third-order valence-corrected chi connectivity index (χ3v) is 4.48. The van der Waals surface area contributed by atoms with Crippen molar-refractivity contribution in [2.75, 3.05) is 11.4 Å². The normalized spacial score (nSPS) is 12.7. The van der Waals surface area contributed by atoms with Crippen LogP contribution in [-0.4, -0.2) is 22.2 Å². The highest BCUT2D eigenvalue weighted by Gasteiger charge is 2.23. The van der Waals surface area contributed by atoms with Gasteiger partial charge in [0.05, 0.1) is 11.4 Å². The Morgan fingerprint density at radius 1 is 1.16 bits per heavy atom. The largest absolute Gasteiger partial charge is 0.312 e. The second kappa shape index (κ2) is 5.91. The number of benzene rings is 2. The van der Waals surface area contributed by atoms with Crippen molar-refractivity contribution in [3.63, 3.8) is 0 Å². The lowest BCUT2D eigenvalue weighted by atomic mass is 10.1. The SMILES string of the molecule is CC(=O)N1CCc2cc(-c3cc(C#N)nn3-c3ccccc3)ccc21. The van der Waals surface area contributed by atoms with E-state index in [1.165, 1.54) is 0 Å². The van der Waals surface area contributed by atoms with Gasteiger partial charge >= 0.3 is 0 Å². The summed E-state index contributed by atoms with van der Waals surface area (Å²) in [5, 5.41) is 13.7. The number of aromatic nitrogens is 2. The van der Waals surface area contributed by atoms with Crippen LogP contribution in [0.15, 0.2) is 54.6 Å². The molecule has 25 heavy (non-hydrogen) atoms. The maximum absolute atomic E-state index is 11.7. The van der Waals surface area contributed by atoms with E-state index >= 15 is 0 Å². The van der Waals surface area contributed by atoms with Gasteiger partial charge in [0.25, 0.3) is 0 Å². The number of hydrogen-bond donors (Lipinski definition) is 0. The quantitative estimate of drug-likeness (QED) is 0.725. The fourth-order valence-electron chi connectivity index (χ4n) is 3.30. The highest BCUT2D eigenvalue weighted by Crippen LogP contribution is 2.33. The Bertz CT molecular complexity index is 998. The summed E-state index contributed by atoms with van der Waals surface area (Å²) >= 11 is 0. The number of amides is 1. The zero-order valence-corrected chi connectivity index (χ0v) is 13.8. The molecule has 2 aromatic carbocycles. The van der Waals surface area contributed by atoms with Crippen LogP contribution in [0.5, 0.6) is 0 Å². The molecular weight excluding hydrogens is 312 g/mol. The lowest BCUT2D eigenvalue weighted by molar-refractivity contribution is -0.116. The molecule has 0 fully saturated rings. The Labute approximate surface area is 145 Å². The van der Waals surface area contributed by atoms with Crippen LogP contribution in [0.2, 0.25) is 0 Å². The van der Waals surface area contributed by atoms with Gasteiger partial charge < -0.3 is 4.90 Å². The number of carbonyl (C=O) groups excluding carboxylic acids is 1. The predicted octanol–water partition coefficient (Wildman–Crippen LogP) is 3.32. The minimum absolute atomic E-state index is 0.0626. The second-order valence-corrected chi connectivity index (χ2v) is 6.04. The lowest BCUT2D eigenvalue weighted by Crippen LogP contribution is -2.25. The minimum Gasteiger partial charge on any atom is -0.312 e. The van der Waals surface area contributed by atoms with Gasteiger partial charge in [0.1, 0.15) is 6.07 Å². The fourth-order valence-corrected chi connectivity index (χ4v) is 3.30. The van der Waals surface area contributed by atoms with E-state index in [1.54, 1.807) is 22.6 Å². The zero-order chi connectivity index (χ0) is 17.4. The van der Waals surface area contributed by atoms with E-state index in [0.29, 0.717) is 5.69 Å². The van der Waals surface area contributed by atoms with Gasteiger partial charge in [-0.2, -0.15) is 10.4 Å². The average Bonchev–Trinajstić information content (AvgIpc) is 3.26. The molecule has 2 heterocycles. The molecular formula is C20H16N4O. The molecule has 5 nitrogen and oxygen atoms in total. The highest BCUT2D eigenvalue weighted by molar-refractivity contribution is 5.94. The molecule has 1 aromatic heterocycles. The Balaban J connectivity index is 1.83. The number of anilines is 1. The second-order valence-electron chi connectivity index (χ2n) is 6.04. The molecule has 0 spiro atoms. The van der Waals surface area contributed by atoms with E-state index < -0.39 is 0 Å². The number of rotatable bonds is 2. The number of para-hydroxylation sites is 1. The van der Waals surface area contributed by atoms with Crippen LogP contribution in [0.25, 0.3) is 16.9 Å². The van der Waals surface area contributed by atoms with Crippen molar-refractivity contribution in [1.82, 2.24) is 9.78 Å².